The van der Waals surface area contributed by atoms with Crippen LogP contribution in [0.25, 0.3) is 33.3 Å². The minimum Gasteiger partial charge on any atom is -0.456 e. The van der Waals surface area contributed by atoms with E-state index in [0.29, 0.717) is 27.9 Å². The van der Waals surface area contributed by atoms with E-state index in [0.717, 1.165) is 22.1 Å². The molecule has 4 aromatic rings. The molecule has 0 amide bonds. The molecule has 0 aliphatic carbocycles. The van der Waals surface area contributed by atoms with Crippen molar-refractivity contribution in [3.05, 3.63) is 69.3 Å². The number of furan rings is 1. The Morgan fingerprint density at radius 3 is 2.50 bits per heavy atom. The largest absolute Gasteiger partial charge is 0.456 e. The molecule has 0 saturated carbocycles. The number of hydrogen-bond acceptors (Lipinski definition) is 3. The highest BCUT2D eigenvalue weighted by atomic mass is 19.1. The first-order valence-electron chi connectivity index (χ1n) is 7.68. The van der Waals surface area contributed by atoms with Crippen LogP contribution >= 0.6 is 0 Å². The van der Waals surface area contributed by atoms with Gasteiger partial charge in [0.25, 0.3) is 0 Å². The highest BCUT2D eigenvalue weighted by molar-refractivity contribution is 5.98. The lowest BCUT2D eigenvalue weighted by molar-refractivity contribution is 0.557. The average Bonchev–Trinajstić information content (AvgIpc) is 2.84. The maximum absolute atomic E-state index is 13.5. The molecule has 0 spiro atoms. The number of hydrogen-bond donors (Lipinski definition) is 0. The summed E-state index contributed by atoms with van der Waals surface area (Å²) in [4.78, 5) is 12.0. The van der Waals surface area contributed by atoms with E-state index in [-0.39, 0.29) is 5.82 Å². The third-order valence-electron chi connectivity index (χ3n) is 4.32. The Morgan fingerprint density at radius 2 is 1.71 bits per heavy atom. The van der Waals surface area contributed by atoms with Gasteiger partial charge in [0.05, 0.1) is 0 Å². The fourth-order valence-electron chi connectivity index (χ4n) is 3.25. The van der Waals surface area contributed by atoms with Crippen LogP contribution in [0.2, 0.25) is 0 Å². The third kappa shape index (κ3) is 2.14. The van der Waals surface area contributed by atoms with Crippen molar-refractivity contribution in [3.63, 3.8) is 0 Å². The van der Waals surface area contributed by atoms with Crippen molar-refractivity contribution in [1.82, 2.24) is 0 Å². The second-order valence-corrected chi connectivity index (χ2v) is 6.13. The minimum absolute atomic E-state index is 0.318. The monoisotopic (exact) mass is 322 g/mol. The first kappa shape index (κ1) is 14.7. The zero-order valence-electron chi connectivity index (χ0n) is 13.6. The molecule has 2 aromatic heterocycles. The van der Waals surface area contributed by atoms with Crippen LogP contribution in [0.1, 0.15) is 16.7 Å². The van der Waals surface area contributed by atoms with Crippen LogP contribution < -0.4 is 5.63 Å². The summed E-state index contributed by atoms with van der Waals surface area (Å²) in [5, 5.41) is 1.52. The number of aryl methyl sites for hydroxylation is 3. The molecular weight excluding hydrogens is 307 g/mol. The van der Waals surface area contributed by atoms with Crippen molar-refractivity contribution in [2.75, 3.05) is 0 Å². The Balaban J connectivity index is 2.14. The van der Waals surface area contributed by atoms with E-state index in [4.69, 9.17) is 8.83 Å². The zero-order chi connectivity index (χ0) is 17.0. The molecule has 2 heterocycles. The van der Waals surface area contributed by atoms with Gasteiger partial charge >= 0.3 is 5.63 Å². The second-order valence-electron chi connectivity index (χ2n) is 6.13. The second kappa shape index (κ2) is 5.06. The highest BCUT2D eigenvalue weighted by Crippen LogP contribution is 2.37. The molecule has 4 rings (SSSR count). The normalized spacial score (nSPS) is 11.5. The Hall–Kier alpha value is -2.88. The minimum atomic E-state index is -0.435. The fourth-order valence-corrected chi connectivity index (χ4v) is 3.25. The summed E-state index contributed by atoms with van der Waals surface area (Å²) < 4.78 is 24.9. The molecule has 0 aliphatic rings. The van der Waals surface area contributed by atoms with Crippen LogP contribution in [0.3, 0.4) is 0 Å². The van der Waals surface area contributed by atoms with Gasteiger partial charge in [-0.05, 0) is 56.2 Å². The molecule has 0 radical (unpaired) electrons. The molecule has 0 aliphatic heterocycles. The lowest BCUT2D eigenvalue weighted by Crippen LogP contribution is -1.99. The zero-order valence-corrected chi connectivity index (χ0v) is 13.6. The average molecular weight is 322 g/mol. The molecule has 0 bridgehead atoms. The van der Waals surface area contributed by atoms with Crippen molar-refractivity contribution in [3.8, 4) is 11.3 Å². The van der Waals surface area contributed by atoms with Crippen molar-refractivity contribution < 1.29 is 13.2 Å². The van der Waals surface area contributed by atoms with Gasteiger partial charge in [-0.2, -0.15) is 0 Å². The van der Waals surface area contributed by atoms with Crippen LogP contribution in [0.15, 0.2) is 50.0 Å². The van der Waals surface area contributed by atoms with Crippen LogP contribution in [0, 0.1) is 26.6 Å². The van der Waals surface area contributed by atoms with E-state index in [9.17, 15) is 9.18 Å². The molecule has 3 nitrogen and oxygen atoms in total. The van der Waals surface area contributed by atoms with Gasteiger partial charge in [0.1, 0.15) is 22.7 Å². The molecule has 0 fully saturated rings. The van der Waals surface area contributed by atoms with Crippen molar-refractivity contribution >= 4 is 21.9 Å². The van der Waals surface area contributed by atoms with Gasteiger partial charge in [-0.1, -0.05) is 6.07 Å². The number of fused-ring (bicyclic) bond motifs is 2. The Kier molecular flexibility index (Phi) is 3.10. The third-order valence-corrected chi connectivity index (χ3v) is 4.32. The van der Waals surface area contributed by atoms with E-state index < -0.39 is 5.63 Å². The van der Waals surface area contributed by atoms with Crippen molar-refractivity contribution in [1.29, 1.82) is 0 Å². The molecule has 120 valence electrons. The summed E-state index contributed by atoms with van der Waals surface area (Å²) >= 11 is 0. The lowest BCUT2D eigenvalue weighted by atomic mass is 10.00. The maximum Gasteiger partial charge on any atom is 0.336 e. The Bertz CT molecular complexity index is 1170. The van der Waals surface area contributed by atoms with Crippen molar-refractivity contribution in [2.45, 2.75) is 20.8 Å². The summed E-state index contributed by atoms with van der Waals surface area (Å²) in [6, 6.07) is 9.78. The molecule has 0 atom stereocenters. The van der Waals surface area contributed by atoms with Crippen LogP contribution in [0.5, 0.6) is 0 Å². The first-order chi connectivity index (χ1) is 11.4. The molecule has 0 unspecified atom stereocenters. The predicted molar refractivity (Wildman–Crippen MR) is 91.9 cm³/mol. The topological polar surface area (TPSA) is 43.4 Å². The molecule has 4 heteroatoms. The summed E-state index contributed by atoms with van der Waals surface area (Å²) in [5.74, 6) is 0.251. The quantitative estimate of drug-likeness (QED) is 0.448. The van der Waals surface area contributed by atoms with E-state index in [1.165, 1.54) is 18.2 Å². The highest BCUT2D eigenvalue weighted by Gasteiger charge is 2.18. The Morgan fingerprint density at radius 1 is 0.917 bits per heavy atom. The summed E-state index contributed by atoms with van der Waals surface area (Å²) in [7, 11) is 0. The fraction of sp³-hybridized carbons (Fsp3) is 0.150. The van der Waals surface area contributed by atoms with Gasteiger partial charge in [-0.25, -0.2) is 9.18 Å². The molecule has 24 heavy (non-hydrogen) atoms. The van der Waals surface area contributed by atoms with Crippen LogP contribution in [0.4, 0.5) is 4.39 Å². The van der Waals surface area contributed by atoms with Gasteiger partial charge in [0.2, 0.25) is 0 Å². The van der Waals surface area contributed by atoms with Gasteiger partial charge in [0, 0.05) is 28.0 Å². The lowest BCUT2D eigenvalue weighted by Gasteiger charge is -2.07. The van der Waals surface area contributed by atoms with Gasteiger partial charge in [-0.3, -0.25) is 0 Å². The number of rotatable bonds is 1. The van der Waals surface area contributed by atoms with Gasteiger partial charge in [0.15, 0.2) is 0 Å². The van der Waals surface area contributed by atoms with E-state index >= 15 is 0 Å². The molecule has 2 aromatic carbocycles. The Labute approximate surface area is 137 Å². The predicted octanol–water partition coefficient (Wildman–Crippen LogP) is 5.27. The number of benzene rings is 2. The van der Waals surface area contributed by atoms with Crippen LogP contribution in [-0.2, 0) is 0 Å². The van der Waals surface area contributed by atoms with Crippen LogP contribution in [-0.4, -0.2) is 0 Å². The molecular formula is C20H15FO3. The van der Waals surface area contributed by atoms with E-state index in [1.807, 2.05) is 32.9 Å². The van der Waals surface area contributed by atoms with E-state index in [1.54, 1.807) is 6.07 Å². The maximum atomic E-state index is 13.5. The smallest absolute Gasteiger partial charge is 0.336 e. The van der Waals surface area contributed by atoms with Gasteiger partial charge in [-0.15, -0.1) is 0 Å². The molecule has 0 saturated heterocycles. The first-order valence-corrected chi connectivity index (χ1v) is 7.68. The number of halogens is 1. The summed E-state index contributed by atoms with van der Waals surface area (Å²) in [5.41, 5.74) is 4.13. The SMILES string of the molecule is Cc1cc(C)c2oc(=O)cc(-c3oc4ccc(F)cc4c3C)c2c1. The summed E-state index contributed by atoms with van der Waals surface area (Å²) in [6.07, 6.45) is 0. The summed E-state index contributed by atoms with van der Waals surface area (Å²) in [6.45, 7) is 5.76. The molecule has 0 N–H and O–H groups in total. The standard InChI is InChI=1S/C20H15FO3/c1-10-6-11(2)19-15(7-10)16(9-18(22)24-19)20-12(3)14-8-13(21)4-5-17(14)23-20/h4-9H,1-3H3. The van der Waals surface area contributed by atoms with E-state index in [2.05, 4.69) is 0 Å². The van der Waals surface area contributed by atoms with Crippen molar-refractivity contribution in [2.24, 2.45) is 0 Å². The van der Waals surface area contributed by atoms with Gasteiger partial charge < -0.3 is 8.83 Å².